The third kappa shape index (κ3) is 4.77. The van der Waals surface area contributed by atoms with Crippen LogP contribution >= 0.6 is 11.8 Å². The molecule has 0 bridgehead atoms. The lowest BCUT2D eigenvalue weighted by molar-refractivity contribution is -0.140. The molecule has 1 N–H and O–H groups in total. The quantitative estimate of drug-likeness (QED) is 0.875. The van der Waals surface area contributed by atoms with Gasteiger partial charge in [0.25, 0.3) is 0 Å². The molecule has 1 aromatic carbocycles. The van der Waals surface area contributed by atoms with Crippen LogP contribution in [0.15, 0.2) is 30.3 Å². The molecule has 120 valence electrons. The Hall–Kier alpha value is -1.49. The number of carbonyl (C=O) groups excluding carboxylic acids is 1. The fourth-order valence-corrected chi connectivity index (χ4v) is 3.85. The fourth-order valence-electron chi connectivity index (χ4n) is 2.79. The molecular formula is C17H23NO3S. The molecule has 22 heavy (non-hydrogen) atoms. The third-order valence-electron chi connectivity index (χ3n) is 4.12. The summed E-state index contributed by atoms with van der Waals surface area (Å²) in [5.41, 5.74) is 1.24. The van der Waals surface area contributed by atoms with E-state index in [1.165, 1.54) is 5.56 Å². The van der Waals surface area contributed by atoms with E-state index >= 15 is 0 Å². The highest BCUT2D eigenvalue weighted by molar-refractivity contribution is 7.99. The Kier molecular flexibility index (Phi) is 6.31. The van der Waals surface area contributed by atoms with Crippen LogP contribution in [0.4, 0.5) is 0 Å². The largest absolute Gasteiger partial charge is 0.481 e. The van der Waals surface area contributed by atoms with Crippen LogP contribution in [0, 0.1) is 0 Å². The summed E-state index contributed by atoms with van der Waals surface area (Å²) in [6, 6.07) is 10.0. The topological polar surface area (TPSA) is 57.6 Å². The molecule has 0 aromatic heterocycles. The molecule has 0 aliphatic carbocycles. The van der Waals surface area contributed by atoms with Crippen molar-refractivity contribution < 1.29 is 14.7 Å². The van der Waals surface area contributed by atoms with E-state index in [0.29, 0.717) is 18.9 Å². The molecular weight excluding hydrogens is 298 g/mol. The first-order valence-electron chi connectivity index (χ1n) is 7.72. The van der Waals surface area contributed by atoms with Gasteiger partial charge in [-0.25, -0.2) is 0 Å². The molecule has 1 heterocycles. The lowest BCUT2D eigenvalue weighted by atomic mass is 9.96. The van der Waals surface area contributed by atoms with Crippen LogP contribution in [0.3, 0.4) is 0 Å². The molecule has 1 aliphatic heterocycles. The zero-order valence-corrected chi connectivity index (χ0v) is 13.7. The standard InChI is InChI=1S/C17H23NO3S/c1-13(14-5-3-2-4-6-14)7-8-16(19)18-9-10-22-12-15(18)11-17(20)21/h2-6,13,15H,7-12H2,1H3,(H,20,21). The molecule has 1 saturated heterocycles. The lowest BCUT2D eigenvalue weighted by Gasteiger charge is -2.35. The van der Waals surface area contributed by atoms with Crippen molar-refractivity contribution in [1.29, 1.82) is 0 Å². The van der Waals surface area contributed by atoms with Crippen molar-refractivity contribution in [2.45, 2.75) is 38.1 Å². The maximum atomic E-state index is 12.4. The minimum Gasteiger partial charge on any atom is -0.481 e. The van der Waals surface area contributed by atoms with E-state index in [1.807, 2.05) is 18.2 Å². The Balaban J connectivity index is 1.88. The zero-order valence-electron chi connectivity index (χ0n) is 12.9. The number of carbonyl (C=O) groups is 2. The summed E-state index contributed by atoms with van der Waals surface area (Å²) in [6.07, 6.45) is 1.33. The predicted octanol–water partition coefficient (Wildman–Crippen LogP) is 2.99. The van der Waals surface area contributed by atoms with Crippen molar-refractivity contribution in [3.05, 3.63) is 35.9 Å². The first-order chi connectivity index (χ1) is 10.6. The zero-order chi connectivity index (χ0) is 15.9. The molecule has 5 heteroatoms. The van der Waals surface area contributed by atoms with Gasteiger partial charge in [-0.2, -0.15) is 11.8 Å². The van der Waals surface area contributed by atoms with Crippen molar-refractivity contribution in [2.24, 2.45) is 0 Å². The number of hydrogen-bond donors (Lipinski definition) is 1. The Labute approximate surface area is 135 Å². The minimum atomic E-state index is -0.831. The SMILES string of the molecule is CC(CCC(=O)N1CCSCC1CC(=O)O)c1ccccc1. The van der Waals surface area contributed by atoms with E-state index < -0.39 is 5.97 Å². The molecule has 0 radical (unpaired) electrons. The molecule has 1 aromatic rings. The van der Waals surface area contributed by atoms with E-state index in [2.05, 4.69) is 19.1 Å². The molecule has 2 atom stereocenters. The third-order valence-corrected chi connectivity index (χ3v) is 5.21. The Morgan fingerprint density at radius 1 is 1.36 bits per heavy atom. The Bertz CT molecular complexity index is 506. The van der Waals surface area contributed by atoms with Gasteiger partial charge < -0.3 is 10.0 Å². The first-order valence-corrected chi connectivity index (χ1v) is 8.87. The molecule has 1 fully saturated rings. The summed E-state index contributed by atoms with van der Waals surface area (Å²) in [7, 11) is 0. The molecule has 2 unspecified atom stereocenters. The first kappa shape index (κ1) is 16.9. The molecule has 2 rings (SSSR count). The molecule has 1 amide bonds. The van der Waals surface area contributed by atoms with Crippen molar-refractivity contribution in [3.63, 3.8) is 0 Å². The number of rotatable bonds is 6. The summed E-state index contributed by atoms with van der Waals surface area (Å²) >= 11 is 1.73. The van der Waals surface area contributed by atoms with Gasteiger partial charge >= 0.3 is 5.97 Å². The van der Waals surface area contributed by atoms with Gasteiger partial charge in [-0.05, 0) is 17.9 Å². The second kappa shape index (κ2) is 8.22. The maximum absolute atomic E-state index is 12.4. The summed E-state index contributed by atoms with van der Waals surface area (Å²) in [6.45, 7) is 2.80. The number of nitrogens with zero attached hydrogens (tertiary/aromatic N) is 1. The van der Waals surface area contributed by atoms with Crippen molar-refractivity contribution >= 4 is 23.6 Å². The van der Waals surface area contributed by atoms with Gasteiger partial charge in [0.15, 0.2) is 0 Å². The average Bonchev–Trinajstić information content (AvgIpc) is 2.53. The van der Waals surface area contributed by atoms with E-state index in [0.717, 1.165) is 17.9 Å². The second-order valence-corrected chi connectivity index (χ2v) is 6.91. The lowest BCUT2D eigenvalue weighted by Crippen LogP contribution is -2.47. The second-order valence-electron chi connectivity index (χ2n) is 5.76. The Morgan fingerprint density at radius 2 is 2.09 bits per heavy atom. The van der Waals surface area contributed by atoms with Gasteiger partial charge in [0.1, 0.15) is 0 Å². The average molecular weight is 321 g/mol. The normalized spacial score (nSPS) is 19.7. The highest BCUT2D eigenvalue weighted by Crippen LogP contribution is 2.24. The minimum absolute atomic E-state index is 0.0486. The van der Waals surface area contributed by atoms with Gasteiger partial charge in [0.05, 0.1) is 12.5 Å². The van der Waals surface area contributed by atoms with E-state index in [9.17, 15) is 9.59 Å². The molecule has 0 saturated carbocycles. The summed E-state index contributed by atoms with van der Waals surface area (Å²) in [5, 5.41) is 8.98. The summed E-state index contributed by atoms with van der Waals surface area (Å²) in [5.74, 6) is 1.22. The van der Waals surface area contributed by atoms with E-state index in [1.54, 1.807) is 16.7 Å². The van der Waals surface area contributed by atoms with Crippen LogP contribution in [-0.4, -0.2) is 46.0 Å². The summed E-state index contributed by atoms with van der Waals surface area (Å²) in [4.78, 5) is 25.2. The van der Waals surface area contributed by atoms with E-state index in [4.69, 9.17) is 5.11 Å². The van der Waals surface area contributed by atoms with Crippen LogP contribution in [-0.2, 0) is 9.59 Å². The smallest absolute Gasteiger partial charge is 0.305 e. The maximum Gasteiger partial charge on any atom is 0.305 e. The van der Waals surface area contributed by atoms with Gasteiger partial charge in [-0.3, -0.25) is 9.59 Å². The molecule has 4 nitrogen and oxygen atoms in total. The highest BCUT2D eigenvalue weighted by Gasteiger charge is 2.28. The number of thioether (sulfide) groups is 1. The van der Waals surface area contributed by atoms with Crippen LogP contribution < -0.4 is 0 Å². The Morgan fingerprint density at radius 3 is 2.77 bits per heavy atom. The van der Waals surface area contributed by atoms with Crippen LogP contribution in [0.5, 0.6) is 0 Å². The number of benzene rings is 1. The highest BCUT2D eigenvalue weighted by atomic mass is 32.2. The van der Waals surface area contributed by atoms with Crippen LogP contribution in [0.2, 0.25) is 0 Å². The number of carboxylic acids is 1. The van der Waals surface area contributed by atoms with Crippen molar-refractivity contribution in [3.8, 4) is 0 Å². The molecule has 0 spiro atoms. The summed E-state index contributed by atoms with van der Waals surface area (Å²) < 4.78 is 0. The number of hydrogen-bond acceptors (Lipinski definition) is 3. The van der Waals surface area contributed by atoms with Gasteiger partial charge in [-0.1, -0.05) is 37.3 Å². The van der Waals surface area contributed by atoms with E-state index in [-0.39, 0.29) is 18.4 Å². The predicted molar refractivity (Wildman–Crippen MR) is 89.2 cm³/mol. The van der Waals surface area contributed by atoms with Gasteiger partial charge in [-0.15, -0.1) is 0 Å². The monoisotopic (exact) mass is 321 g/mol. The fraction of sp³-hybridized carbons (Fsp3) is 0.529. The van der Waals surface area contributed by atoms with Crippen LogP contribution in [0.25, 0.3) is 0 Å². The van der Waals surface area contributed by atoms with Gasteiger partial charge in [0.2, 0.25) is 5.91 Å². The van der Waals surface area contributed by atoms with Crippen molar-refractivity contribution in [1.82, 2.24) is 4.90 Å². The number of carboxylic acid groups (broad SMARTS) is 1. The van der Waals surface area contributed by atoms with Crippen LogP contribution in [0.1, 0.15) is 37.7 Å². The van der Waals surface area contributed by atoms with Crippen molar-refractivity contribution in [2.75, 3.05) is 18.1 Å². The van der Waals surface area contributed by atoms with Gasteiger partial charge in [0, 0.05) is 24.5 Å². The number of amides is 1. The number of aliphatic carboxylic acids is 1. The molecule has 1 aliphatic rings.